The fourth-order valence-corrected chi connectivity index (χ4v) is 4.20. The Labute approximate surface area is 127 Å². The highest BCUT2D eigenvalue weighted by Gasteiger charge is 2.34. The summed E-state index contributed by atoms with van der Waals surface area (Å²) < 4.78 is 6.48. The second-order valence-corrected chi connectivity index (χ2v) is 7.10. The van der Waals surface area contributed by atoms with Crippen LogP contribution in [0, 0.1) is 12.8 Å². The van der Waals surface area contributed by atoms with Crippen LogP contribution in [0.25, 0.3) is 0 Å². The molecule has 2 fully saturated rings. The van der Waals surface area contributed by atoms with Crippen molar-refractivity contribution in [2.24, 2.45) is 5.92 Å². The van der Waals surface area contributed by atoms with Gasteiger partial charge in [-0.2, -0.15) is 0 Å². The van der Waals surface area contributed by atoms with Gasteiger partial charge in [0, 0.05) is 5.38 Å². The quantitative estimate of drug-likeness (QED) is 0.663. The molecule has 0 amide bonds. The predicted octanol–water partition coefficient (Wildman–Crippen LogP) is 5.40. The molecule has 110 valence electrons. The lowest BCUT2D eigenvalue weighted by Gasteiger charge is -2.39. The van der Waals surface area contributed by atoms with E-state index in [2.05, 4.69) is 31.2 Å². The van der Waals surface area contributed by atoms with Gasteiger partial charge in [-0.05, 0) is 49.7 Å². The van der Waals surface area contributed by atoms with Crippen molar-refractivity contribution in [3.63, 3.8) is 0 Å². The maximum absolute atomic E-state index is 6.55. The number of alkyl halides is 1. The summed E-state index contributed by atoms with van der Waals surface area (Å²) in [4.78, 5) is 0. The van der Waals surface area contributed by atoms with Gasteiger partial charge in [0.15, 0.2) is 0 Å². The van der Waals surface area contributed by atoms with E-state index in [-0.39, 0.29) is 11.5 Å². The Morgan fingerprint density at radius 2 is 1.80 bits per heavy atom. The zero-order valence-electron chi connectivity index (χ0n) is 12.4. The lowest BCUT2D eigenvalue weighted by Crippen LogP contribution is -2.35. The normalized spacial score (nSPS) is 32.2. The molecule has 1 aliphatic heterocycles. The van der Waals surface area contributed by atoms with Crippen molar-refractivity contribution >= 4 is 11.6 Å². The highest BCUT2D eigenvalue weighted by atomic mass is 35.5. The van der Waals surface area contributed by atoms with E-state index >= 15 is 0 Å². The zero-order chi connectivity index (χ0) is 13.9. The Morgan fingerprint density at radius 1 is 1.05 bits per heavy atom. The molecule has 0 unspecified atom stereocenters. The number of hydrogen-bond donors (Lipinski definition) is 0. The average Bonchev–Trinajstić information content (AvgIpc) is 2.48. The molecule has 3 rings (SSSR count). The summed E-state index contributed by atoms with van der Waals surface area (Å²) in [6, 6.07) is 8.58. The predicted molar refractivity (Wildman–Crippen MR) is 84.2 cm³/mol. The number of hydrogen-bond acceptors (Lipinski definition) is 1. The fraction of sp³-hybridized carbons (Fsp3) is 0.667. The van der Waals surface area contributed by atoms with Crippen LogP contribution in [0.4, 0.5) is 0 Å². The van der Waals surface area contributed by atoms with Gasteiger partial charge in [0.1, 0.15) is 0 Å². The van der Waals surface area contributed by atoms with Gasteiger partial charge in [-0.15, -0.1) is 11.6 Å². The SMILES string of the molecule is Cc1ccccc1[C@H]1C[C@@H](Cl)C[C@@H](C2CCCCC2)O1. The minimum absolute atomic E-state index is 0.194. The maximum atomic E-state index is 6.55. The molecule has 0 aromatic heterocycles. The van der Waals surface area contributed by atoms with Crippen molar-refractivity contribution < 1.29 is 4.74 Å². The van der Waals surface area contributed by atoms with Gasteiger partial charge in [-0.1, -0.05) is 43.5 Å². The van der Waals surface area contributed by atoms with Crippen molar-refractivity contribution in [3.05, 3.63) is 35.4 Å². The van der Waals surface area contributed by atoms with Crippen LogP contribution >= 0.6 is 11.6 Å². The molecule has 1 heterocycles. The smallest absolute Gasteiger partial charge is 0.0845 e. The summed E-state index contributed by atoms with van der Waals surface area (Å²) in [5, 5.41) is 0.264. The molecule has 0 spiro atoms. The molecule has 1 aromatic carbocycles. The van der Waals surface area contributed by atoms with Crippen LogP contribution in [0.15, 0.2) is 24.3 Å². The summed E-state index contributed by atoms with van der Waals surface area (Å²) in [5.74, 6) is 0.733. The summed E-state index contributed by atoms with van der Waals surface area (Å²) in [6.45, 7) is 2.17. The van der Waals surface area contributed by atoms with Crippen molar-refractivity contribution in [3.8, 4) is 0 Å². The first-order valence-corrected chi connectivity index (χ1v) is 8.52. The standard InChI is InChI=1S/C18H25ClO/c1-13-7-5-6-10-16(13)18-12-15(19)11-17(20-18)14-8-3-2-4-9-14/h5-7,10,14-15,17-18H,2-4,8-9,11-12H2,1H3/t15-,17-,18+/m0/s1. The summed E-state index contributed by atoms with van der Waals surface area (Å²) in [5.41, 5.74) is 2.66. The number of rotatable bonds is 2. The third kappa shape index (κ3) is 3.20. The van der Waals surface area contributed by atoms with Crippen LogP contribution < -0.4 is 0 Å². The van der Waals surface area contributed by atoms with Gasteiger partial charge < -0.3 is 4.74 Å². The van der Waals surface area contributed by atoms with E-state index in [0.717, 1.165) is 18.8 Å². The molecular weight excluding hydrogens is 268 g/mol. The Morgan fingerprint density at radius 3 is 2.55 bits per heavy atom. The summed E-state index contributed by atoms with van der Waals surface area (Å²) >= 11 is 6.55. The van der Waals surface area contributed by atoms with E-state index in [1.165, 1.54) is 43.2 Å². The summed E-state index contributed by atoms with van der Waals surface area (Å²) in [7, 11) is 0. The molecule has 1 saturated heterocycles. The number of halogens is 1. The first kappa shape index (κ1) is 14.4. The second kappa shape index (κ2) is 6.49. The van der Waals surface area contributed by atoms with Crippen LogP contribution in [-0.2, 0) is 4.74 Å². The van der Waals surface area contributed by atoms with Crippen LogP contribution in [-0.4, -0.2) is 11.5 Å². The molecule has 1 aliphatic carbocycles. The Balaban J connectivity index is 1.74. The minimum Gasteiger partial charge on any atom is -0.370 e. The molecule has 1 nitrogen and oxygen atoms in total. The van der Waals surface area contributed by atoms with E-state index in [9.17, 15) is 0 Å². The molecule has 0 radical (unpaired) electrons. The van der Waals surface area contributed by atoms with Crippen molar-refractivity contribution in [2.45, 2.75) is 69.5 Å². The van der Waals surface area contributed by atoms with Gasteiger partial charge in [0.25, 0.3) is 0 Å². The molecule has 1 saturated carbocycles. The van der Waals surface area contributed by atoms with E-state index < -0.39 is 0 Å². The molecule has 2 heteroatoms. The summed E-state index contributed by atoms with van der Waals surface area (Å²) in [6.07, 6.45) is 9.34. The average molecular weight is 293 g/mol. The van der Waals surface area contributed by atoms with Gasteiger partial charge in [0.2, 0.25) is 0 Å². The second-order valence-electron chi connectivity index (χ2n) is 6.49. The molecule has 2 aliphatic rings. The highest BCUT2D eigenvalue weighted by Crippen LogP contribution is 2.40. The topological polar surface area (TPSA) is 9.23 Å². The molecule has 3 atom stereocenters. The van der Waals surface area contributed by atoms with Crippen LogP contribution in [0.2, 0.25) is 0 Å². The van der Waals surface area contributed by atoms with E-state index in [1.54, 1.807) is 0 Å². The highest BCUT2D eigenvalue weighted by molar-refractivity contribution is 6.20. The van der Waals surface area contributed by atoms with Crippen molar-refractivity contribution in [1.82, 2.24) is 0 Å². The van der Waals surface area contributed by atoms with Crippen molar-refractivity contribution in [1.29, 1.82) is 0 Å². The van der Waals surface area contributed by atoms with Gasteiger partial charge in [0.05, 0.1) is 12.2 Å². The Bertz CT molecular complexity index is 439. The lowest BCUT2D eigenvalue weighted by atomic mass is 9.81. The zero-order valence-corrected chi connectivity index (χ0v) is 13.1. The third-order valence-electron chi connectivity index (χ3n) is 5.01. The van der Waals surface area contributed by atoms with Gasteiger partial charge in [-0.25, -0.2) is 0 Å². The Hall–Kier alpha value is -0.530. The lowest BCUT2D eigenvalue weighted by molar-refractivity contribution is -0.0844. The van der Waals surface area contributed by atoms with E-state index in [4.69, 9.17) is 16.3 Å². The van der Waals surface area contributed by atoms with Crippen molar-refractivity contribution in [2.75, 3.05) is 0 Å². The molecule has 20 heavy (non-hydrogen) atoms. The Kier molecular flexibility index (Phi) is 4.68. The van der Waals surface area contributed by atoms with Crippen LogP contribution in [0.3, 0.4) is 0 Å². The molecule has 1 aromatic rings. The molecule has 0 bridgehead atoms. The number of ether oxygens (including phenoxy) is 1. The molecular formula is C18H25ClO. The number of aryl methyl sites for hydroxylation is 1. The number of benzene rings is 1. The maximum Gasteiger partial charge on any atom is 0.0845 e. The third-order valence-corrected chi connectivity index (χ3v) is 5.36. The molecule has 0 N–H and O–H groups in total. The fourth-order valence-electron chi connectivity index (χ4n) is 3.86. The first-order chi connectivity index (χ1) is 9.74. The van der Waals surface area contributed by atoms with E-state index in [0.29, 0.717) is 6.10 Å². The van der Waals surface area contributed by atoms with E-state index in [1.807, 2.05) is 0 Å². The van der Waals surface area contributed by atoms with Crippen LogP contribution in [0.1, 0.15) is 62.2 Å². The van der Waals surface area contributed by atoms with Gasteiger partial charge >= 0.3 is 0 Å². The van der Waals surface area contributed by atoms with Crippen LogP contribution in [0.5, 0.6) is 0 Å². The monoisotopic (exact) mass is 292 g/mol. The largest absolute Gasteiger partial charge is 0.370 e. The minimum atomic E-state index is 0.194. The first-order valence-electron chi connectivity index (χ1n) is 8.09. The van der Waals surface area contributed by atoms with Gasteiger partial charge in [-0.3, -0.25) is 0 Å².